The summed E-state index contributed by atoms with van der Waals surface area (Å²) >= 11 is 5.98. The fourth-order valence-corrected chi connectivity index (χ4v) is 1.55. The number of hydrogen-bond donors (Lipinski definition) is 1. The number of aryl methyl sites for hydroxylation is 1. The highest BCUT2D eigenvalue weighted by Gasteiger charge is 2.09. The van der Waals surface area contributed by atoms with Gasteiger partial charge in [0.2, 0.25) is 0 Å². The normalized spacial score (nSPS) is 12.5. The molecular formula is C10H16ClN3O. The predicted molar refractivity (Wildman–Crippen MR) is 60.1 cm³/mol. The third-order valence-electron chi connectivity index (χ3n) is 2.05. The number of halogens is 1. The van der Waals surface area contributed by atoms with Crippen LogP contribution in [0.4, 0.5) is 0 Å². The highest BCUT2D eigenvalue weighted by atomic mass is 35.5. The summed E-state index contributed by atoms with van der Waals surface area (Å²) in [5.41, 5.74) is 0.567. The van der Waals surface area contributed by atoms with Gasteiger partial charge in [-0.15, -0.1) is 11.6 Å². The van der Waals surface area contributed by atoms with Gasteiger partial charge in [0, 0.05) is 19.8 Å². The first-order chi connectivity index (χ1) is 7.13. The minimum Gasteiger partial charge on any atom is -0.350 e. The zero-order valence-corrected chi connectivity index (χ0v) is 9.79. The second-order valence-corrected chi connectivity index (χ2v) is 4.12. The van der Waals surface area contributed by atoms with Crippen LogP contribution < -0.4 is 5.32 Å². The molecule has 1 N–H and O–H groups in total. The lowest BCUT2D eigenvalue weighted by Gasteiger charge is -2.08. The lowest BCUT2D eigenvalue weighted by molar-refractivity contribution is 0.0953. The Kier molecular flexibility index (Phi) is 4.62. The van der Waals surface area contributed by atoms with Crippen LogP contribution >= 0.6 is 11.6 Å². The topological polar surface area (TPSA) is 46.9 Å². The van der Waals surface area contributed by atoms with Gasteiger partial charge in [-0.05, 0) is 6.42 Å². The standard InChI is InChI=1S/C10H16ClN3O/c1-3-4-9(11)6-12-10(15)8-5-13-14(2)7-8/h5,7,9H,3-4,6H2,1-2H3,(H,12,15). The van der Waals surface area contributed by atoms with Gasteiger partial charge < -0.3 is 5.32 Å². The molecule has 0 bridgehead atoms. The molecule has 15 heavy (non-hydrogen) atoms. The van der Waals surface area contributed by atoms with Crippen molar-refractivity contribution in [1.82, 2.24) is 15.1 Å². The Labute approximate surface area is 94.6 Å². The van der Waals surface area contributed by atoms with Crippen LogP contribution in [-0.4, -0.2) is 27.6 Å². The number of alkyl halides is 1. The third-order valence-corrected chi connectivity index (χ3v) is 2.43. The van der Waals surface area contributed by atoms with Gasteiger partial charge >= 0.3 is 0 Å². The van der Waals surface area contributed by atoms with E-state index < -0.39 is 0 Å². The van der Waals surface area contributed by atoms with Crippen molar-refractivity contribution in [1.29, 1.82) is 0 Å². The van der Waals surface area contributed by atoms with Crippen molar-refractivity contribution in [2.45, 2.75) is 25.1 Å². The van der Waals surface area contributed by atoms with Crippen LogP contribution in [0.25, 0.3) is 0 Å². The number of amides is 1. The quantitative estimate of drug-likeness (QED) is 0.779. The molecule has 84 valence electrons. The smallest absolute Gasteiger partial charge is 0.254 e. The molecule has 1 aromatic heterocycles. The van der Waals surface area contributed by atoms with Crippen LogP contribution in [0.2, 0.25) is 0 Å². The maximum atomic E-state index is 11.5. The Morgan fingerprint density at radius 2 is 2.47 bits per heavy atom. The Hall–Kier alpha value is -1.03. The Bertz CT molecular complexity index is 324. The van der Waals surface area contributed by atoms with Crippen LogP contribution in [-0.2, 0) is 7.05 Å². The molecule has 0 saturated carbocycles. The molecule has 1 heterocycles. The van der Waals surface area contributed by atoms with E-state index in [1.165, 1.54) is 0 Å². The lowest BCUT2D eigenvalue weighted by atomic mass is 10.2. The zero-order valence-electron chi connectivity index (χ0n) is 9.03. The van der Waals surface area contributed by atoms with Crippen LogP contribution in [0.1, 0.15) is 30.1 Å². The molecule has 5 heteroatoms. The molecule has 0 aliphatic rings. The number of nitrogens with zero attached hydrogens (tertiary/aromatic N) is 2. The second-order valence-electron chi connectivity index (χ2n) is 3.50. The Balaban J connectivity index is 2.36. The molecule has 1 rings (SSSR count). The highest BCUT2D eigenvalue weighted by molar-refractivity contribution is 6.20. The third kappa shape index (κ3) is 3.91. The van der Waals surface area contributed by atoms with E-state index in [2.05, 4.69) is 17.3 Å². The van der Waals surface area contributed by atoms with Crippen LogP contribution in [0.5, 0.6) is 0 Å². The van der Waals surface area contributed by atoms with E-state index in [1.807, 2.05) is 0 Å². The number of hydrogen-bond acceptors (Lipinski definition) is 2. The summed E-state index contributed by atoms with van der Waals surface area (Å²) < 4.78 is 1.60. The second kappa shape index (κ2) is 5.75. The molecule has 0 saturated heterocycles. The van der Waals surface area contributed by atoms with Crippen molar-refractivity contribution in [2.75, 3.05) is 6.54 Å². The highest BCUT2D eigenvalue weighted by Crippen LogP contribution is 2.04. The molecule has 1 amide bonds. The number of rotatable bonds is 5. The molecule has 0 aliphatic heterocycles. The summed E-state index contributed by atoms with van der Waals surface area (Å²) in [6.45, 7) is 2.57. The monoisotopic (exact) mass is 229 g/mol. The molecule has 1 unspecified atom stereocenters. The average molecular weight is 230 g/mol. The van der Waals surface area contributed by atoms with E-state index in [0.29, 0.717) is 12.1 Å². The van der Waals surface area contributed by atoms with Gasteiger partial charge in [-0.2, -0.15) is 5.10 Å². The molecule has 0 spiro atoms. The average Bonchev–Trinajstić information content (AvgIpc) is 2.62. The SMILES string of the molecule is CCCC(Cl)CNC(=O)c1cnn(C)c1. The molecular weight excluding hydrogens is 214 g/mol. The molecule has 0 aliphatic carbocycles. The molecule has 0 aromatic carbocycles. The maximum absolute atomic E-state index is 11.5. The van der Waals surface area contributed by atoms with Crippen molar-refractivity contribution in [2.24, 2.45) is 7.05 Å². The van der Waals surface area contributed by atoms with E-state index in [1.54, 1.807) is 24.1 Å². The first-order valence-corrected chi connectivity index (χ1v) is 5.48. The van der Waals surface area contributed by atoms with E-state index in [0.717, 1.165) is 12.8 Å². The minimum atomic E-state index is -0.121. The van der Waals surface area contributed by atoms with Gasteiger partial charge in [-0.1, -0.05) is 13.3 Å². The van der Waals surface area contributed by atoms with Crippen LogP contribution in [0, 0.1) is 0 Å². The van der Waals surface area contributed by atoms with Crippen molar-refractivity contribution in [3.63, 3.8) is 0 Å². The van der Waals surface area contributed by atoms with E-state index in [4.69, 9.17) is 11.6 Å². The summed E-state index contributed by atoms with van der Waals surface area (Å²) in [6, 6.07) is 0. The summed E-state index contributed by atoms with van der Waals surface area (Å²) in [7, 11) is 1.78. The van der Waals surface area contributed by atoms with E-state index in [9.17, 15) is 4.79 Å². The van der Waals surface area contributed by atoms with Gasteiger partial charge in [-0.25, -0.2) is 0 Å². The Morgan fingerprint density at radius 3 is 3.00 bits per heavy atom. The molecule has 4 nitrogen and oxygen atoms in total. The summed E-state index contributed by atoms with van der Waals surface area (Å²) in [5.74, 6) is -0.121. The first-order valence-electron chi connectivity index (χ1n) is 5.04. The summed E-state index contributed by atoms with van der Waals surface area (Å²) in [6.07, 6.45) is 5.16. The van der Waals surface area contributed by atoms with Gasteiger partial charge in [0.05, 0.1) is 17.1 Å². The number of aromatic nitrogens is 2. The number of carbonyl (C=O) groups excluding carboxylic acids is 1. The fourth-order valence-electron chi connectivity index (χ4n) is 1.26. The van der Waals surface area contributed by atoms with Gasteiger partial charge in [0.1, 0.15) is 0 Å². The minimum absolute atomic E-state index is 0.00983. The lowest BCUT2D eigenvalue weighted by Crippen LogP contribution is -2.29. The predicted octanol–water partition coefficient (Wildman–Crippen LogP) is 1.56. The number of carbonyl (C=O) groups is 1. The molecule has 0 radical (unpaired) electrons. The maximum Gasteiger partial charge on any atom is 0.254 e. The van der Waals surface area contributed by atoms with Gasteiger partial charge in [0.25, 0.3) is 5.91 Å². The molecule has 1 atom stereocenters. The largest absolute Gasteiger partial charge is 0.350 e. The van der Waals surface area contributed by atoms with E-state index in [-0.39, 0.29) is 11.3 Å². The molecule has 1 aromatic rings. The summed E-state index contributed by atoms with van der Waals surface area (Å²) in [5, 5.41) is 6.71. The summed E-state index contributed by atoms with van der Waals surface area (Å²) in [4.78, 5) is 11.5. The van der Waals surface area contributed by atoms with Gasteiger partial charge in [0.15, 0.2) is 0 Å². The van der Waals surface area contributed by atoms with Crippen molar-refractivity contribution in [3.05, 3.63) is 18.0 Å². The molecule has 0 fully saturated rings. The number of nitrogens with one attached hydrogen (secondary N) is 1. The Morgan fingerprint density at radius 1 is 1.73 bits per heavy atom. The first kappa shape index (κ1) is 12.0. The zero-order chi connectivity index (χ0) is 11.3. The fraction of sp³-hybridized carbons (Fsp3) is 0.600. The van der Waals surface area contributed by atoms with Crippen molar-refractivity contribution >= 4 is 17.5 Å². The van der Waals surface area contributed by atoms with Crippen molar-refractivity contribution < 1.29 is 4.79 Å². The van der Waals surface area contributed by atoms with E-state index >= 15 is 0 Å². The van der Waals surface area contributed by atoms with Crippen LogP contribution in [0.3, 0.4) is 0 Å². The van der Waals surface area contributed by atoms with Crippen LogP contribution in [0.15, 0.2) is 12.4 Å². The van der Waals surface area contributed by atoms with Crippen molar-refractivity contribution in [3.8, 4) is 0 Å². The van der Waals surface area contributed by atoms with Gasteiger partial charge in [-0.3, -0.25) is 9.48 Å².